The van der Waals surface area contributed by atoms with E-state index in [9.17, 15) is 0 Å². The first-order valence-corrected chi connectivity index (χ1v) is 4.53. The average molecular weight is 192 g/mol. The smallest absolute Gasteiger partial charge is 0.126 e. The van der Waals surface area contributed by atoms with Gasteiger partial charge >= 0.3 is 0 Å². The van der Waals surface area contributed by atoms with Crippen LogP contribution in [0.4, 0.5) is 0 Å². The van der Waals surface area contributed by atoms with Gasteiger partial charge in [-0.1, -0.05) is 31.4 Å². The molecule has 0 radical (unpaired) electrons. The van der Waals surface area contributed by atoms with Gasteiger partial charge in [0.2, 0.25) is 0 Å². The molecule has 0 amide bonds. The Morgan fingerprint density at radius 2 is 1.85 bits per heavy atom. The quantitative estimate of drug-likeness (QED) is 0.668. The molecule has 2 heteroatoms. The second-order valence-corrected chi connectivity index (χ2v) is 3.21. The Hall–Kier alpha value is -1.07. The second-order valence-electron chi connectivity index (χ2n) is 2.59. The molecule has 1 aromatic carbocycles. The van der Waals surface area contributed by atoms with Crippen molar-refractivity contribution in [3.63, 3.8) is 0 Å². The van der Waals surface area contributed by atoms with Gasteiger partial charge in [-0.2, -0.15) is 0 Å². The lowest BCUT2D eigenvalue weighted by atomic mass is 10.1. The number of hydrogen-bond acceptors (Lipinski definition) is 1. The maximum Gasteiger partial charge on any atom is 0.126 e. The van der Waals surface area contributed by atoms with Gasteiger partial charge in [-0.15, -0.1) is 9.24 Å². The highest BCUT2D eigenvalue weighted by atomic mass is 31.0. The zero-order valence-corrected chi connectivity index (χ0v) is 8.86. The van der Waals surface area contributed by atoms with E-state index in [1.807, 2.05) is 18.2 Å². The molecule has 0 saturated heterocycles. The molecular weight excluding hydrogens is 179 g/mol. The number of rotatable bonds is 3. The lowest BCUT2D eigenvalue weighted by molar-refractivity contribution is 0.414. The SMILES string of the molecule is C=Cc1c(P)ccc(OC)c1C=C. The van der Waals surface area contributed by atoms with Gasteiger partial charge in [0.05, 0.1) is 7.11 Å². The lowest BCUT2D eigenvalue weighted by Crippen LogP contribution is -2.01. The minimum Gasteiger partial charge on any atom is -0.496 e. The zero-order valence-electron chi connectivity index (χ0n) is 7.71. The van der Waals surface area contributed by atoms with E-state index in [4.69, 9.17) is 4.74 Å². The van der Waals surface area contributed by atoms with Gasteiger partial charge in [-0.05, 0) is 16.9 Å². The molecule has 68 valence electrons. The van der Waals surface area contributed by atoms with Crippen molar-refractivity contribution in [3.05, 3.63) is 36.4 Å². The number of benzene rings is 1. The minimum absolute atomic E-state index is 0.830. The van der Waals surface area contributed by atoms with Crippen molar-refractivity contribution in [2.75, 3.05) is 7.11 Å². The summed E-state index contributed by atoms with van der Waals surface area (Å²) in [6.07, 6.45) is 3.59. The molecular formula is C11H13OP. The van der Waals surface area contributed by atoms with Gasteiger partial charge in [-0.3, -0.25) is 0 Å². The van der Waals surface area contributed by atoms with Crippen molar-refractivity contribution in [1.82, 2.24) is 0 Å². The van der Waals surface area contributed by atoms with E-state index in [0.29, 0.717) is 0 Å². The molecule has 1 aromatic rings. The van der Waals surface area contributed by atoms with Gasteiger partial charge < -0.3 is 4.74 Å². The predicted octanol–water partition coefficient (Wildman–Crippen LogP) is 2.48. The Labute approximate surface area is 81.3 Å². The number of ether oxygens (including phenoxy) is 1. The lowest BCUT2D eigenvalue weighted by Gasteiger charge is -2.10. The predicted molar refractivity (Wildman–Crippen MR) is 62.5 cm³/mol. The summed E-state index contributed by atoms with van der Waals surface area (Å²) in [6.45, 7) is 7.51. The fourth-order valence-corrected chi connectivity index (χ4v) is 1.62. The zero-order chi connectivity index (χ0) is 9.84. The minimum atomic E-state index is 0.830. The standard InChI is InChI=1S/C11H13OP/c1-4-8-9(5-2)11(13)7-6-10(8)12-3/h4-7H,1-2,13H2,3H3. The monoisotopic (exact) mass is 192 g/mol. The maximum atomic E-state index is 5.21. The van der Waals surface area contributed by atoms with Crippen LogP contribution in [0.5, 0.6) is 5.75 Å². The molecule has 1 atom stereocenters. The van der Waals surface area contributed by atoms with Crippen molar-refractivity contribution in [2.24, 2.45) is 0 Å². The van der Waals surface area contributed by atoms with E-state index in [2.05, 4.69) is 22.4 Å². The van der Waals surface area contributed by atoms with E-state index < -0.39 is 0 Å². The Bertz CT molecular complexity index is 342. The van der Waals surface area contributed by atoms with Crippen LogP contribution in [-0.4, -0.2) is 7.11 Å². The first-order valence-electron chi connectivity index (χ1n) is 3.96. The summed E-state index contributed by atoms with van der Waals surface area (Å²) in [6, 6.07) is 3.90. The molecule has 0 aliphatic rings. The largest absolute Gasteiger partial charge is 0.496 e. The molecule has 0 aliphatic carbocycles. The molecule has 0 aliphatic heterocycles. The fourth-order valence-electron chi connectivity index (χ4n) is 1.25. The molecule has 1 nitrogen and oxygen atoms in total. The van der Waals surface area contributed by atoms with E-state index in [-0.39, 0.29) is 0 Å². The molecule has 0 bridgehead atoms. The summed E-state index contributed by atoms with van der Waals surface area (Å²) in [5.41, 5.74) is 2.05. The fraction of sp³-hybridized carbons (Fsp3) is 0.0909. The summed E-state index contributed by atoms with van der Waals surface area (Å²) in [7, 11) is 4.31. The molecule has 0 saturated carbocycles. The van der Waals surface area contributed by atoms with Gasteiger partial charge in [-0.25, -0.2) is 0 Å². The summed E-state index contributed by atoms with van der Waals surface area (Å²) < 4.78 is 5.21. The third-order valence-electron chi connectivity index (χ3n) is 1.91. The van der Waals surface area contributed by atoms with Crippen LogP contribution in [0.25, 0.3) is 12.2 Å². The van der Waals surface area contributed by atoms with Crippen molar-refractivity contribution >= 4 is 26.7 Å². The average Bonchev–Trinajstić information content (AvgIpc) is 2.17. The molecule has 1 unspecified atom stereocenters. The van der Waals surface area contributed by atoms with Gasteiger partial charge in [0.1, 0.15) is 5.75 Å². The second kappa shape index (κ2) is 4.25. The third kappa shape index (κ3) is 1.81. The van der Waals surface area contributed by atoms with Crippen molar-refractivity contribution in [3.8, 4) is 5.75 Å². The number of methoxy groups -OCH3 is 1. The van der Waals surface area contributed by atoms with Gasteiger partial charge in [0, 0.05) is 5.56 Å². The third-order valence-corrected chi connectivity index (χ3v) is 2.41. The molecule has 0 heterocycles. The highest BCUT2D eigenvalue weighted by Crippen LogP contribution is 2.23. The van der Waals surface area contributed by atoms with E-state index >= 15 is 0 Å². The molecule has 0 aromatic heterocycles. The topological polar surface area (TPSA) is 9.23 Å². The highest BCUT2D eigenvalue weighted by molar-refractivity contribution is 7.27. The van der Waals surface area contributed by atoms with Crippen molar-refractivity contribution < 1.29 is 4.74 Å². The van der Waals surface area contributed by atoms with Gasteiger partial charge in [0.25, 0.3) is 0 Å². The molecule has 13 heavy (non-hydrogen) atoms. The van der Waals surface area contributed by atoms with Crippen LogP contribution >= 0.6 is 9.24 Å². The van der Waals surface area contributed by atoms with Gasteiger partial charge in [0.15, 0.2) is 0 Å². The summed E-state index contributed by atoms with van der Waals surface area (Å²) >= 11 is 0. The number of hydrogen-bond donors (Lipinski definition) is 0. The Balaban J connectivity index is 3.44. The normalized spacial score (nSPS) is 9.38. The molecule has 0 fully saturated rings. The molecule has 0 spiro atoms. The Kier molecular flexibility index (Phi) is 3.27. The highest BCUT2D eigenvalue weighted by Gasteiger charge is 2.05. The Morgan fingerprint density at radius 1 is 1.23 bits per heavy atom. The van der Waals surface area contributed by atoms with E-state index in [0.717, 1.165) is 22.2 Å². The van der Waals surface area contributed by atoms with Crippen LogP contribution in [0.3, 0.4) is 0 Å². The van der Waals surface area contributed by atoms with Crippen LogP contribution in [-0.2, 0) is 0 Å². The first kappa shape index (κ1) is 10.0. The maximum absolute atomic E-state index is 5.21. The molecule has 0 N–H and O–H groups in total. The van der Waals surface area contributed by atoms with Crippen LogP contribution < -0.4 is 10.0 Å². The van der Waals surface area contributed by atoms with Crippen LogP contribution in [0, 0.1) is 0 Å². The summed E-state index contributed by atoms with van der Waals surface area (Å²) in [5, 5.41) is 1.10. The molecule has 1 rings (SSSR count). The van der Waals surface area contributed by atoms with Crippen molar-refractivity contribution in [1.29, 1.82) is 0 Å². The Morgan fingerprint density at radius 3 is 2.31 bits per heavy atom. The summed E-state index contributed by atoms with van der Waals surface area (Å²) in [5.74, 6) is 0.830. The van der Waals surface area contributed by atoms with Crippen LogP contribution in [0.1, 0.15) is 11.1 Å². The van der Waals surface area contributed by atoms with Crippen LogP contribution in [0.15, 0.2) is 25.3 Å². The van der Waals surface area contributed by atoms with Crippen LogP contribution in [0.2, 0.25) is 0 Å². The first-order chi connectivity index (χ1) is 6.24. The summed E-state index contributed by atoms with van der Waals surface area (Å²) in [4.78, 5) is 0. The van der Waals surface area contributed by atoms with Crippen molar-refractivity contribution in [2.45, 2.75) is 0 Å². The van der Waals surface area contributed by atoms with E-state index in [1.54, 1.807) is 13.2 Å². The van der Waals surface area contributed by atoms with E-state index in [1.165, 1.54) is 0 Å².